The summed E-state index contributed by atoms with van der Waals surface area (Å²) >= 11 is 0. The normalized spacial score (nSPS) is 11.6. The Morgan fingerprint density at radius 1 is 0.909 bits per heavy atom. The van der Waals surface area contributed by atoms with Gasteiger partial charge in [-0.25, -0.2) is 0 Å². The summed E-state index contributed by atoms with van der Waals surface area (Å²) in [5.74, 6) is -3.54. The van der Waals surface area contributed by atoms with E-state index in [1.165, 1.54) is 6.08 Å². The topological polar surface area (TPSA) is 118 Å². The second-order valence-electron chi connectivity index (χ2n) is 5.27. The van der Waals surface area contributed by atoms with Crippen LogP contribution in [-0.2, 0) is 0 Å². The van der Waals surface area contributed by atoms with Crippen LogP contribution in [0.2, 0.25) is 0 Å². The molecule has 0 bridgehead atoms. The van der Waals surface area contributed by atoms with Crippen molar-refractivity contribution in [3.63, 3.8) is 0 Å². The summed E-state index contributed by atoms with van der Waals surface area (Å²) in [5, 5.41) is 48.6. The maximum absolute atomic E-state index is 12.1. The van der Waals surface area contributed by atoms with Crippen molar-refractivity contribution in [3.8, 4) is 28.7 Å². The van der Waals surface area contributed by atoms with Crippen molar-refractivity contribution in [1.29, 1.82) is 0 Å². The number of ketones is 1. The van der Waals surface area contributed by atoms with Crippen molar-refractivity contribution in [2.75, 3.05) is 0 Å². The summed E-state index contributed by atoms with van der Waals surface area (Å²) in [6.45, 7) is 3.73. The Labute approximate surface area is 126 Å². The number of carbonyl (C=O) groups is 1. The molecule has 116 valence electrons. The Balaban J connectivity index is 2.77. The number of hydrogen-bond acceptors (Lipinski definition) is 6. The van der Waals surface area contributed by atoms with Crippen LogP contribution in [0.1, 0.15) is 24.2 Å². The van der Waals surface area contributed by atoms with Gasteiger partial charge in [-0.05, 0) is 18.1 Å². The Morgan fingerprint density at radius 2 is 1.50 bits per heavy atom. The van der Waals surface area contributed by atoms with Gasteiger partial charge in [-0.2, -0.15) is 0 Å². The van der Waals surface area contributed by atoms with E-state index in [2.05, 4.69) is 0 Å². The zero-order valence-corrected chi connectivity index (χ0v) is 12.0. The number of carbonyl (C=O) groups excluding carboxylic acids is 1. The predicted octanol–water partition coefficient (Wildman–Crippen LogP) is 2.76. The van der Waals surface area contributed by atoms with Gasteiger partial charge in [0.25, 0.3) is 0 Å². The average molecular weight is 304 g/mol. The first-order valence-electron chi connectivity index (χ1n) is 6.59. The minimum atomic E-state index is -0.733. The molecular weight excluding hydrogens is 288 g/mol. The van der Waals surface area contributed by atoms with Gasteiger partial charge in [-0.15, -0.1) is 0 Å². The van der Waals surface area contributed by atoms with Crippen molar-refractivity contribution in [3.05, 3.63) is 29.8 Å². The summed E-state index contributed by atoms with van der Waals surface area (Å²) in [6.07, 6.45) is 2.85. The van der Waals surface area contributed by atoms with Gasteiger partial charge in [0.1, 0.15) is 17.2 Å². The van der Waals surface area contributed by atoms with Gasteiger partial charge >= 0.3 is 0 Å². The highest BCUT2D eigenvalue weighted by molar-refractivity contribution is 6.14. The first-order chi connectivity index (χ1) is 10.2. The van der Waals surface area contributed by atoms with Crippen LogP contribution in [-0.4, -0.2) is 31.3 Å². The molecule has 6 nitrogen and oxygen atoms in total. The van der Waals surface area contributed by atoms with Crippen LogP contribution >= 0.6 is 0 Å². The summed E-state index contributed by atoms with van der Waals surface area (Å²) in [7, 11) is 0. The third-order valence-corrected chi connectivity index (χ3v) is 3.19. The Hall–Kier alpha value is -2.89. The van der Waals surface area contributed by atoms with Gasteiger partial charge in [0.2, 0.25) is 0 Å². The summed E-state index contributed by atoms with van der Waals surface area (Å²) < 4.78 is 0. The molecule has 0 fully saturated rings. The van der Waals surface area contributed by atoms with Gasteiger partial charge in [0.05, 0.1) is 16.3 Å². The van der Waals surface area contributed by atoms with Gasteiger partial charge in [0, 0.05) is 6.07 Å². The number of benzene rings is 2. The quantitative estimate of drug-likeness (QED) is 0.257. The van der Waals surface area contributed by atoms with Gasteiger partial charge < -0.3 is 25.5 Å². The molecule has 0 saturated carbocycles. The van der Waals surface area contributed by atoms with Crippen molar-refractivity contribution < 1.29 is 30.3 Å². The lowest BCUT2D eigenvalue weighted by atomic mass is 9.99. The molecule has 0 heterocycles. The fourth-order valence-corrected chi connectivity index (χ4v) is 2.10. The van der Waals surface area contributed by atoms with Crippen LogP contribution in [0.15, 0.2) is 24.3 Å². The molecule has 2 aromatic carbocycles. The molecule has 0 amide bonds. The van der Waals surface area contributed by atoms with E-state index in [0.29, 0.717) is 0 Å². The average Bonchev–Trinajstić information content (AvgIpc) is 2.44. The van der Waals surface area contributed by atoms with Crippen molar-refractivity contribution >= 4 is 16.6 Å². The standard InChI is InChI=1S/C16H16O6/c1-7(2)3-4-9(17)8-5-10(18)13-11(19)6-12(20)16(22)14(13)15(8)21/h3-7,18-22H,1-2H3. The van der Waals surface area contributed by atoms with E-state index in [9.17, 15) is 30.3 Å². The molecule has 2 rings (SSSR count). The van der Waals surface area contributed by atoms with Crippen molar-refractivity contribution in [2.24, 2.45) is 5.92 Å². The lowest BCUT2D eigenvalue weighted by molar-refractivity contribution is 0.104. The molecule has 0 spiro atoms. The number of phenols is 5. The molecule has 0 aliphatic heterocycles. The highest BCUT2D eigenvalue weighted by atomic mass is 16.3. The van der Waals surface area contributed by atoms with Crippen molar-refractivity contribution in [2.45, 2.75) is 13.8 Å². The maximum Gasteiger partial charge on any atom is 0.189 e. The molecule has 22 heavy (non-hydrogen) atoms. The monoisotopic (exact) mass is 304 g/mol. The Kier molecular flexibility index (Phi) is 3.86. The largest absolute Gasteiger partial charge is 0.507 e. The second-order valence-corrected chi connectivity index (χ2v) is 5.27. The zero-order chi connectivity index (χ0) is 16.6. The molecule has 0 aromatic heterocycles. The molecule has 2 aromatic rings. The minimum absolute atomic E-state index is 0.113. The summed E-state index contributed by atoms with van der Waals surface area (Å²) in [6, 6.07) is 1.83. The zero-order valence-electron chi connectivity index (χ0n) is 12.0. The SMILES string of the molecule is CC(C)C=CC(=O)c1cc(O)c2c(O)cc(O)c(O)c2c1O. The number of fused-ring (bicyclic) bond motifs is 1. The molecule has 6 heteroatoms. The van der Waals surface area contributed by atoms with E-state index >= 15 is 0 Å². The molecule has 0 radical (unpaired) electrons. The number of hydrogen-bond donors (Lipinski definition) is 5. The first-order valence-corrected chi connectivity index (χ1v) is 6.59. The van der Waals surface area contributed by atoms with Gasteiger partial charge in [-0.3, -0.25) is 4.79 Å². The van der Waals surface area contributed by atoms with E-state index in [1.807, 2.05) is 13.8 Å². The summed E-state index contributed by atoms with van der Waals surface area (Å²) in [4.78, 5) is 12.1. The molecular formula is C16H16O6. The molecule has 0 aliphatic rings. The van der Waals surface area contributed by atoms with E-state index in [0.717, 1.165) is 12.1 Å². The number of rotatable bonds is 3. The van der Waals surface area contributed by atoms with Crippen LogP contribution in [0, 0.1) is 5.92 Å². The van der Waals surface area contributed by atoms with Crippen LogP contribution in [0.4, 0.5) is 0 Å². The van der Waals surface area contributed by atoms with Gasteiger partial charge in [0.15, 0.2) is 17.3 Å². The molecule has 0 unspecified atom stereocenters. The number of allylic oxidation sites excluding steroid dienone is 2. The van der Waals surface area contributed by atoms with Crippen LogP contribution < -0.4 is 0 Å². The highest BCUT2D eigenvalue weighted by Gasteiger charge is 2.22. The smallest absolute Gasteiger partial charge is 0.189 e. The Morgan fingerprint density at radius 3 is 2.09 bits per heavy atom. The fourth-order valence-electron chi connectivity index (χ4n) is 2.10. The minimum Gasteiger partial charge on any atom is -0.507 e. The molecule has 0 aliphatic carbocycles. The van der Waals surface area contributed by atoms with Gasteiger partial charge in [-0.1, -0.05) is 19.9 Å². The first kappa shape index (κ1) is 15.5. The number of phenolic OH excluding ortho intramolecular Hbond substituents is 5. The summed E-state index contributed by atoms with van der Waals surface area (Å²) in [5.41, 5.74) is -0.248. The number of aromatic hydroxyl groups is 5. The van der Waals surface area contributed by atoms with Crippen LogP contribution in [0.25, 0.3) is 10.8 Å². The van der Waals surface area contributed by atoms with E-state index in [4.69, 9.17) is 0 Å². The highest BCUT2D eigenvalue weighted by Crippen LogP contribution is 2.48. The van der Waals surface area contributed by atoms with Crippen LogP contribution in [0.5, 0.6) is 28.7 Å². The van der Waals surface area contributed by atoms with Crippen molar-refractivity contribution in [1.82, 2.24) is 0 Å². The van der Waals surface area contributed by atoms with E-state index in [1.54, 1.807) is 6.08 Å². The molecule has 5 N–H and O–H groups in total. The predicted molar refractivity (Wildman–Crippen MR) is 80.6 cm³/mol. The van der Waals surface area contributed by atoms with Crippen LogP contribution in [0.3, 0.4) is 0 Å². The lowest BCUT2D eigenvalue weighted by Gasteiger charge is -2.12. The third-order valence-electron chi connectivity index (χ3n) is 3.19. The van der Waals surface area contributed by atoms with E-state index in [-0.39, 0.29) is 16.9 Å². The van der Waals surface area contributed by atoms with E-state index < -0.39 is 39.9 Å². The fraction of sp³-hybridized carbons (Fsp3) is 0.188. The second kappa shape index (κ2) is 5.48. The lowest BCUT2D eigenvalue weighted by Crippen LogP contribution is -1.97. The maximum atomic E-state index is 12.1. The molecule has 0 atom stereocenters. The third kappa shape index (κ3) is 2.50. The Bertz CT molecular complexity index is 789. The molecule has 0 saturated heterocycles.